The van der Waals surface area contributed by atoms with Crippen LogP contribution >= 0.6 is 0 Å². The van der Waals surface area contributed by atoms with Crippen LogP contribution in [0.15, 0.2) is 49.1 Å². The number of hydrogen-bond donors (Lipinski definition) is 0. The number of amides is 1. The van der Waals surface area contributed by atoms with Crippen LogP contribution in [0.4, 0.5) is 17.6 Å². The zero-order chi connectivity index (χ0) is 23.2. The Morgan fingerprint density at radius 2 is 1.85 bits per heavy atom. The Bertz CT molecular complexity index is 1170. The van der Waals surface area contributed by atoms with Crippen LogP contribution in [0.1, 0.15) is 41.0 Å². The first-order chi connectivity index (χ1) is 15.8. The highest BCUT2D eigenvalue weighted by Gasteiger charge is 2.49. The summed E-state index contributed by atoms with van der Waals surface area (Å²) >= 11 is 0. The maximum Gasteiger partial charge on any atom is 0.434 e. The number of aromatic nitrogens is 4. The molecule has 2 fully saturated rings. The lowest BCUT2D eigenvalue weighted by atomic mass is 9.86. The lowest BCUT2D eigenvalue weighted by Crippen LogP contribution is -2.37. The molecule has 3 aromatic rings. The maximum absolute atomic E-state index is 14.1. The lowest BCUT2D eigenvalue weighted by molar-refractivity contribution is -0.141. The topological polar surface area (TPSA) is 71.9 Å². The zero-order valence-corrected chi connectivity index (χ0v) is 17.3. The van der Waals surface area contributed by atoms with Gasteiger partial charge in [0.05, 0.1) is 17.5 Å². The summed E-state index contributed by atoms with van der Waals surface area (Å²) in [6.45, 7) is 0. The van der Waals surface area contributed by atoms with Crippen LogP contribution in [-0.2, 0) is 12.6 Å². The van der Waals surface area contributed by atoms with Crippen molar-refractivity contribution in [2.45, 2.75) is 43.9 Å². The van der Waals surface area contributed by atoms with E-state index in [1.807, 2.05) is 0 Å². The molecule has 5 rings (SSSR count). The second-order valence-corrected chi connectivity index (χ2v) is 8.36. The van der Waals surface area contributed by atoms with Crippen molar-refractivity contribution in [3.8, 4) is 11.4 Å². The number of alkyl halides is 3. The molecule has 0 aliphatic carbocycles. The Balaban J connectivity index is 1.39. The summed E-state index contributed by atoms with van der Waals surface area (Å²) in [5, 5.41) is 0. The Morgan fingerprint density at radius 1 is 1.06 bits per heavy atom. The van der Waals surface area contributed by atoms with E-state index in [4.69, 9.17) is 0 Å². The largest absolute Gasteiger partial charge is 0.434 e. The number of hydrogen-bond acceptors (Lipinski definition) is 5. The summed E-state index contributed by atoms with van der Waals surface area (Å²) in [5.74, 6) is -0.431. The van der Waals surface area contributed by atoms with E-state index in [-0.39, 0.29) is 29.5 Å². The van der Waals surface area contributed by atoms with E-state index in [9.17, 15) is 22.4 Å². The summed E-state index contributed by atoms with van der Waals surface area (Å²) in [4.78, 5) is 31.2. The Hall–Kier alpha value is -3.43. The van der Waals surface area contributed by atoms with Gasteiger partial charge in [-0.3, -0.25) is 9.78 Å². The molecular weight excluding hydrogens is 438 g/mol. The predicted molar refractivity (Wildman–Crippen MR) is 109 cm³/mol. The van der Waals surface area contributed by atoms with Gasteiger partial charge >= 0.3 is 6.18 Å². The minimum atomic E-state index is -4.54. The number of benzene rings is 1. The Morgan fingerprint density at radius 3 is 2.55 bits per heavy atom. The highest BCUT2D eigenvalue weighted by Crippen LogP contribution is 2.44. The minimum absolute atomic E-state index is 0.0114. The van der Waals surface area contributed by atoms with Crippen LogP contribution in [0.2, 0.25) is 0 Å². The summed E-state index contributed by atoms with van der Waals surface area (Å²) in [5.41, 5.74) is 0.0846. The first kappa shape index (κ1) is 21.4. The van der Waals surface area contributed by atoms with Crippen molar-refractivity contribution in [1.82, 2.24) is 24.8 Å². The SMILES string of the molecule is O=C(c1cc(F)ccc1-c1ncccn1)N1C2CCC1C(Cc1cnc(C(F)(F)F)cn1)C2. The molecule has 0 saturated carbocycles. The molecule has 0 radical (unpaired) electrons. The quantitative estimate of drug-likeness (QED) is 0.546. The molecule has 170 valence electrons. The van der Waals surface area contributed by atoms with Crippen molar-refractivity contribution >= 4 is 5.91 Å². The molecule has 3 unspecified atom stereocenters. The standard InChI is InChI=1S/C23H19F4N5O/c24-14-2-4-17(21-28-6-1-7-29-21)18(10-14)22(33)32-16-3-5-19(32)13(9-16)8-15-11-31-20(12-30-15)23(25,26)27/h1-2,4,6-7,10-13,16,19H,3,5,8-9H2. The smallest absolute Gasteiger partial charge is 0.332 e. The van der Waals surface area contributed by atoms with Gasteiger partial charge in [0.15, 0.2) is 11.5 Å². The van der Waals surface area contributed by atoms with Gasteiger partial charge in [0, 0.05) is 36.2 Å². The third-order valence-corrected chi connectivity index (χ3v) is 6.39. The fourth-order valence-electron chi connectivity index (χ4n) is 4.99. The molecule has 6 nitrogen and oxygen atoms in total. The minimum Gasteiger partial charge on any atom is -0.332 e. The number of halogens is 4. The molecule has 4 heterocycles. The average Bonchev–Trinajstić information content (AvgIpc) is 3.36. The molecule has 0 spiro atoms. The molecule has 1 amide bonds. The van der Waals surface area contributed by atoms with E-state index in [1.165, 1.54) is 18.2 Å². The number of fused-ring (bicyclic) bond motifs is 2. The van der Waals surface area contributed by atoms with Gasteiger partial charge in [-0.05, 0) is 55.9 Å². The molecule has 2 aliphatic rings. The average molecular weight is 457 g/mol. The van der Waals surface area contributed by atoms with Crippen LogP contribution in [0.3, 0.4) is 0 Å². The van der Waals surface area contributed by atoms with Crippen LogP contribution in [0.5, 0.6) is 0 Å². The normalized spacial score (nSPS) is 22.1. The Labute approximate surface area is 186 Å². The maximum atomic E-state index is 14.1. The third-order valence-electron chi connectivity index (χ3n) is 6.39. The molecule has 2 aromatic heterocycles. The van der Waals surface area contributed by atoms with E-state index >= 15 is 0 Å². The van der Waals surface area contributed by atoms with E-state index in [0.29, 0.717) is 29.9 Å². The highest BCUT2D eigenvalue weighted by molar-refractivity contribution is 6.00. The van der Waals surface area contributed by atoms with Gasteiger partial charge in [0.2, 0.25) is 0 Å². The molecule has 2 bridgehead atoms. The third kappa shape index (κ3) is 4.05. The summed E-state index contributed by atoms with van der Waals surface area (Å²) in [7, 11) is 0. The van der Waals surface area contributed by atoms with Gasteiger partial charge in [-0.25, -0.2) is 19.3 Å². The van der Waals surface area contributed by atoms with Crippen LogP contribution in [0.25, 0.3) is 11.4 Å². The van der Waals surface area contributed by atoms with Gasteiger partial charge in [-0.15, -0.1) is 0 Å². The molecular formula is C23H19F4N5O. The van der Waals surface area contributed by atoms with Crippen molar-refractivity contribution in [1.29, 1.82) is 0 Å². The fraction of sp³-hybridized carbons (Fsp3) is 0.348. The molecule has 2 saturated heterocycles. The van der Waals surface area contributed by atoms with E-state index in [0.717, 1.165) is 25.2 Å². The van der Waals surface area contributed by atoms with Crippen molar-refractivity contribution in [2.75, 3.05) is 0 Å². The molecule has 0 N–H and O–H groups in total. The highest BCUT2D eigenvalue weighted by atomic mass is 19.4. The summed E-state index contributed by atoms with van der Waals surface area (Å²) in [6, 6.07) is 5.53. The second kappa shape index (κ2) is 8.17. The molecule has 10 heteroatoms. The molecule has 1 aromatic carbocycles. The van der Waals surface area contributed by atoms with E-state index in [2.05, 4.69) is 19.9 Å². The fourth-order valence-corrected chi connectivity index (χ4v) is 4.99. The van der Waals surface area contributed by atoms with Gasteiger partial charge in [0.25, 0.3) is 5.91 Å². The lowest BCUT2D eigenvalue weighted by Gasteiger charge is -2.25. The summed E-state index contributed by atoms with van der Waals surface area (Å²) in [6.07, 6.45) is 3.22. The van der Waals surface area contributed by atoms with Crippen molar-refractivity contribution < 1.29 is 22.4 Å². The predicted octanol–water partition coefficient (Wildman–Crippen LogP) is 4.33. The van der Waals surface area contributed by atoms with Crippen LogP contribution in [0, 0.1) is 11.7 Å². The zero-order valence-electron chi connectivity index (χ0n) is 17.3. The van der Waals surface area contributed by atoms with Gasteiger partial charge in [-0.1, -0.05) is 0 Å². The second-order valence-electron chi connectivity index (χ2n) is 8.36. The number of carbonyl (C=O) groups is 1. The van der Waals surface area contributed by atoms with Crippen molar-refractivity contribution in [3.05, 3.63) is 71.8 Å². The first-order valence-corrected chi connectivity index (χ1v) is 10.6. The molecule has 33 heavy (non-hydrogen) atoms. The molecule has 2 aliphatic heterocycles. The monoisotopic (exact) mass is 457 g/mol. The van der Waals surface area contributed by atoms with Gasteiger partial charge < -0.3 is 4.90 Å². The van der Waals surface area contributed by atoms with Crippen molar-refractivity contribution in [2.24, 2.45) is 5.92 Å². The number of rotatable bonds is 4. The van der Waals surface area contributed by atoms with Gasteiger partial charge in [-0.2, -0.15) is 13.2 Å². The van der Waals surface area contributed by atoms with E-state index in [1.54, 1.807) is 23.4 Å². The summed E-state index contributed by atoms with van der Waals surface area (Å²) < 4.78 is 52.3. The van der Waals surface area contributed by atoms with Gasteiger partial charge in [0.1, 0.15) is 5.82 Å². The number of nitrogens with zero attached hydrogens (tertiary/aromatic N) is 5. The van der Waals surface area contributed by atoms with E-state index < -0.39 is 17.7 Å². The first-order valence-electron chi connectivity index (χ1n) is 10.6. The number of carbonyl (C=O) groups excluding carboxylic acids is 1. The van der Waals surface area contributed by atoms with Crippen LogP contribution in [-0.4, -0.2) is 42.8 Å². The molecule has 3 atom stereocenters. The van der Waals surface area contributed by atoms with Crippen molar-refractivity contribution in [3.63, 3.8) is 0 Å². The Kier molecular flexibility index (Phi) is 5.30. The van der Waals surface area contributed by atoms with Crippen LogP contribution < -0.4 is 0 Å².